The average molecular weight is 593 g/mol. The summed E-state index contributed by atoms with van der Waals surface area (Å²) in [6.45, 7) is 9.12. The van der Waals surface area contributed by atoms with Crippen LogP contribution in [0.2, 0.25) is 0 Å². The lowest BCUT2D eigenvalue weighted by molar-refractivity contribution is -0.188. The van der Waals surface area contributed by atoms with E-state index in [1.165, 1.54) is 20.8 Å². The van der Waals surface area contributed by atoms with Crippen molar-refractivity contribution in [2.45, 2.75) is 71.4 Å². The molecule has 13 heteroatoms. The molecule has 2 amide bonds. The number of methoxy groups -OCH3 is 1. The smallest absolute Gasteiger partial charge is 0.467 e. The molecule has 0 aliphatic rings. The van der Waals surface area contributed by atoms with Gasteiger partial charge in [-0.05, 0) is 69.1 Å². The molecule has 2 aromatic rings. The Bertz CT molecular complexity index is 1210. The Hall–Kier alpha value is -3.09. The zero-order chi connectivity index (χ0) is 28.5. The third kappa shape index (κ3) is 7.24. The number of halogens is 4. The first-order chi connectivity index (χ1) is 16.8. The highest BCUT2D eigenvalue weighted by atomic mass is 79.9. The number of fused-ring (bicyclic) bond motifs is 1. The first-order valence-corrected chi connectivity index (χ1v) is 11.8. The van der Waals surface area contributed by atoms with Crippen molar-refractivity contribution >= 4 is 50.9 Å². The van der Waals surface area contributed by atoms with Crippen LogP contribution < -0.4 is 0 Å². The summed E-state index contributed by atoms with van der Waals surface area (Å²) in [7, 11) is 0.902. The number of aromatic nitrogens is 1. The second kappa shape index (κ2) is 10.7. The summed E-state index contributed by atoms with van der Waals surface area (Å²) in [5.41, 5.74) is -1.69. The number of rotatable bonds is 4. The first-order valence-electron chi connectivity index (χ1n) is 11.0. The van der Waals surface area contributed by atoms with Crippen LogP contribution in [0.3, 0.4) is 0 Å². The summed E-state index contributed by atoms with van der Waals surface area (Å²) in [6.07, 6.45) is -8.63. The molecule has 0 saturated carbocycles. The Morgan fingerprint density at radius 2 is 1.51 bits per heavy atom. The summed E-state index contributed by atoms with van der Waals surface area (Å²) in [4.78, 5) is 50.5. The van der Waals surface area contributed by atoms with Crippen molar-refractivity contribution in [3.63, 3.8) is 0 Å². The third-order valence-corrected chi connectivity index (χ3v) is 5.56. The second-order valence-electron chi connectivity index (χ2n) is 10.00. The number of para-hydroxylation sites is 1. The molecule has 0 fully saturated rings. The lowest BCUT2D eigenvalue weighted by Crippen LogP contribution is -2.55. The van der Waals surface area contributed by atoms with Crippen LogP contribution in [0.5, 0.6) is 0 Å². The summed E-state index contributed by atoms with van der Waals surface area (Å²) in [5, 5.41) is 0.359. The van der Waals surface area contributed by atoms with E-state index in [0.717, 1.165) is 11.7 Å². The number of alkyl halides is 3. The topological polar surface area (TPSA) is 104 Å². The highest BCUT2D eigenvalue weighted by molar-refractivity contribution is 9.10. The number of amides is 2. The number of hydrogen-bond donors (Lipinski definition) is 0. The molecule has 1 aromatic heterocycles. The molecule has 0 N–H and O–H groups in total. The fraction of sp³-hybridized carbons (Fsp3) is 0.500. The Morgan fingerprint density at radius 3 is 2.00 bits per heavy atom. The molecule has 2 rings (SSSR count). The molecule has 1 aromatic carbocycles. The average Bonchev–Trinajstić information content (AvgIpc) is 3.00. The van der Waals surface area contributed by atoms with E-state index in [-0.39, 0.29) is 15.1 Å². The molecule has 0 aliphatic carbocycles. The minimum atomic E-state index is -5.51. The van der Waals surface area contributed by atoms with Crippen LogP contribution in [-0.2, 0) is 30.2 Å². The molecule has 0 bridgehead atoms. The lowest BCUT2D eigenvalue weighted by Gasteiger charge is -2.31. The zero-order valence-electron chi connectivity index (χ0n) is 21.4. The number of hydrogen-bond acceptors (Lipinski definition) is 7. The molecular weight excluding hydrogens is 565 g/mol. The Kier molecular flexibility index (Phi) is 8.73. The van der Waals surface area contributed by atoms with Crippen LogP contribution in [0.4, 0.5) is 22.8 Å². The predicted molar refractivity (Wildman–Crippen MR) is 130 cm³/mol. The van der Waals surface area contributed by atoms with Gasteiger partial charge in [0.15, 0.2) is 0 Å². The van der Waals surface area contributed by atoms with Gasteiger partial charge in [-0.2, -0.15) is 13.2 Å². The number of imide groups is 1. The molecule has 1 heterocycles. The van der Waals surface area contributed by atoms with E-state index >= 15 is 0 Å². The Morgan fingerprint density at radius 1 is 0.973 bits per heavy atom. The highest BCUT2D eigenvalue weighted by Gasteiger charge is 2.51. The van der Waals surface area contributed by atoms with Crippen LogP contribution in [0.15, 0.2) is 28.9 Å². The first kappa shape index (κ1) is 30.1. The minimum absolute atomic E-state index is 0.0560. The normalized spacial score (nSPS) is 13.2. The van der Waals surface area contributed by atoms with E-state index in [9.17, 15) is 32.3 Å². The molecule has 1 atom stereocenters. The van der Waals surface area contributed by atoms with Crippen molar-refractivity contribution in [1.82, 2.24) is 9.47 Å². The summed E-state index contributed by atoms with van der Waals surface area (Å²) >= 11 is 3.28. The van der Waals surface area contributed by atoms with Gasteiger partial charge in [-0.15, -0.1) is 0 Å². The van der Waals surface area contributed by atoms with Gasteiger partial charge in [0, 0.05) is 11.8 Å². The van der Waals surface area contributed by atoms with Crippen LogP contribution >= 0.6 is 15.9 Å². The minimum Gasteiger partial charge on any atom is -0.467 e. The molecule has 0 aliphatic heterocycles. The van der Waals surface area contributed by atoms with Crippen molar-refractivity contribution in [3.8, 4) is 0 Å². The maximum atomic E-state index is 13.5. The van der Waals surface area contributed by atoms with E-state index in [1.807, 2.05) is 0 Å². The number of carbonyl (C=O) groups is 4. The van der Waals surface area contributed by atoms with Crippen LogP contribution in [-0.4, -0.2) is 64.1 Å². The van der Waals surface area contributed by atoms with Crippen LogP contribution in [0.25, 0.3) is 10.9 Å². The zero-order valence-corrected chi connectivity index (χ0v) is 22.9. The number of ether oxygens (including phenoxy) is 3. The van der Waals surface area contributed by atoms with Crippen molar-refractivity contribution in [3.05, 3.63) is 34.4 Å². The van der Waals surface area contributed by atoms with Crippen molar-refractivity contribution in [2.24, 2.45) is 0 Å². The van der Waals surface area contributed by atoms with Gasteiger partial charge in [-0.1, -0.05) is 18.2 Å². The summed E-state index contributed by atoms with van der Waals surface area (Å²) in [6, 6.07) is 4.28. The van der Waals surface area contributed by atoms with Crippen LogP contribution in [0, 0.1) is 0 Å². The van der Waals surface area contributed by atoms with E-state index in [4.69, 9.17) is 9.47 Å². The number of carbonyl (C=O) groups excluding carboxylic acids is 4. The van der Waals surface area contributed by atoms with Gasteiger partial charge >= 0.3 is 30.2 Å². The van der Waals surface area contributed by atoms with Gasteiger partial charge in [0.25, 0.3) is 0 Å². The van der Waals surface area contributed by atoms with Gasteiger partial charge in [-0.25, -0.2) is 23.9 Å². The van der Waals surface area contributed by atoms with E-state index in [1.54, 1.807) is 45.0 Å². The maximum Gasteiger partial charge on any atom is 0.471 e. The maximum absolute atomic E-state index is 13.5. The number of benzene rings is 1. The SMILES string of the molecule is COC(=O)[C@@H](Cc1c(Br)n(C(=O)OC(C)(C)C)c2ccccc12)N(C(=O)OC(C)(C)C)C(=O)C(F)(F)F. The van der Waals surface area contributed by atoms with E-state index in [2.05, 4.69) is 20.7 Å². The van der Waals surface area contributed by atoms with Crippen molar-refractivity contribution < 1.29 is 46.6 Å². The van der Waals surface area contributed by atoms with Gasteiger partial charge in [0.1, 0.15) is 17.2 Å². The largest absolute Gasteiger partial charge is 0.471 e. The van der Waals surface area contributed by atoms with Gasteiger partial charge in [0.2, 0.25) is 0 Å². The summed E-state index contributed by atoms with van der Waals surface area (Å²) < 4.78 is 56.9. The monoisotopic (exact) mass is 592 g/mol. The van der Waals surface area contributed by atoms with E-state index in [0.29, 0.717) is 10.9 Å². The third-order valence-electron chi connectivity index (χ3n) is 4.73. The van der Waals surface area contributed by atoms with E-state index < -0.39 is 53.9 Å². The van der Waals surface area contributed by atoms with Crippen molar-refractivity contribution in [1.29, 1.82) is 0 Å². The highest BCUT2D eigenvalue weighted by Crippen LogP contribution is 2.34. The van der Waals surface area contributed by atoms with Gasteiger partial charge < -0.3 is 14.2 Å². The molecule has 37 heavy (non-hydrogen) atoms. The number of esters is 1. The molecule has 0 spiro atoms. The molecule has 0 radical (unpaired) electrons. The fourth-order valence-corrected chi connectivity index (χ4v) is 4.08. The summed E-state index contributed by atoms with van der Waals surface area (Å²) in [5.74, 6) is -3.91. The molecule has 204 valence electrons. The molecule has 9 nitrogen and oxygen atoms in total. The Balaban J connectivity index is 2.72. The Labute approximate surface area is 219 Å². The lowest BCUT2D eigenvalue weighted by atomic mass is 10.0. The van der Waals surface area contributed by atoms with Crippen LogP contribution in [0.1, 0.15) is 47.1 Å². The second-order valence-corrected chi connectivity index (χ2v) is 10.7. The predicted octanol–water partition coefficient (Wildman–Crippen LogP) is 5.60. The molecule has 0 unspecified atom stereocenters. The fourth-order valence-electron chi connectivity index (χ4n) is 3.36. The number of nitrogens with zero attached hydrogens (tertiary/aromatic N) is 2. The standard InChI is InChI=1S/C24H28BrF3N2O7/c1-22(2,3)36-20(33)29-15-11-9-8-10-13(15)14(17(29)25)12-16(18(31)35-7)30(19(32)24(26,27)28)21(34)37-23(4,5)6/h8-11,16H,12H2,1-7H3/t16-/m1/s1. The van der Waals surface area contributed by atoms with Crippen molar-refractivity contribution in [2.75, 3.05) is 7.11 Å². The molecular formula is C24H28BrF3N2O7. The van der Waals surface area contributed by atoms with Gasteiger partial charge in [0.05, 0.1) is 17.2 Å². The van der Waals surface area contributed by atoms with Gasteiger partial charge in [-0.3, -0.25) is 4.79 Å². The molecule has 0 saturated heterocycles. The quantitative estimate of drug-likeness (QED) is 0.336.